The predicted octanol–water partition coefficient (Wildman–Crippen LogP) is 3.34. The Kier molecular flexibility index (Phi) is 6.32. The van der Waals surface area contributed by atoms with Gasteiger partial charge in [0.05, 0.1) is 4.34 Å². The molecule has 1 aromatic rings. The smallest absolute Gasteiger partial charge is 0.222 e. The van der Waals surface area contributed by atoms with Crippen molar-refractivity contribution < 1.29 is 4.79 Å². The minimum absolute atomic E-state index is 0. The Labute approximate surface area is 135 Å². The van der Waals surface area contributed by atoms with Crippen LogP contribution < -0.4 is 5.73 Å². The van der Waals surface area contributed by atoms with Crippen LogP contribution in [0.15, 0.2) is 12.1 Å². The number of hydrogen-bond donors (Lipinski definition) is 1. The molecule has 0 aromatic carbocycles. The quantitative estimate of drug-likeness (QED) is 0.919. The summed E-state index contributed by atoms with van der Waals surface area (Å²) in [6.45, 7) is 5.82. The van der Waals surface area contributed by atoms with E-state index in [2.05, 4.69) is 13.8 Å². The molecule has 3 nitrogen and oxygen atoms in total. The molecule has 1 aromatic heterocycles. The van der Waals surface area contributed by atoms with Crippen molar-refractivity contribution in [1.82, 2.24) is 4.90 Å². The fourth-order valence-electron chi connectivity index (χ4n) is 2.46. The number of likely N-dealkylation sites (tertiary alicyclic amines) is 1. The molecule has 6 heteroatoms. The van der Waals surface area contributed by atoms with Crippen molar-refractivity contribution in [3.63, 3.8) is 0 Å². The summed E-state index contributed by atoms with van der Waals surface area (Å²) in [5.74, 6) is 0.226. The summed E-state index contributed by atoms with van der Waals surface area (Å²) >= 11 is 7.44. The van der Waals surface area contributed by atoms with Gasteiger partial charge >= 0.3 is 0 Å². The fraction of sp³-hybridized carbons (Fsp3) is 0.643. The third kappa shape index (κ3) is 4.35. The van der Waals surface area contributed by atoms with E-state index in [1.807, 2.05) is 17.0 Å². The molecule has 2 rings (SSSR count). The molecule has 114 valence electrons. The van der Waals surface area contributed by atoms with Gasteiger partial charge in [-0.15, -0.1) is 23.7 Å². The Hall–Kier alpha value is -0.290. The van der Waals surface area contributed by atoms with Crippen LogP contribution in [0, 0.1) is 5.41 Å². The Balaban J connectivity index is 0.00000200. The Morgan fingerprint density at radius 1 is 1.55 bits per heavy atom. The van der Waals surface area contributed by atoms with Crippen LogP contribution in [0.4, 0.5) is 0 Å². The van der Waals surface area contributed by atoms with Crippen LogP contribution in [-0.2, 0) is 11.2 Å². The zero-order valence-electron chi connectivity index (χ0n) is 11.9. The standard InChI is InChI=1S/C14H21ClN2OS.ClH/c1-14(2)9-17(8-7-11(14)16)13(18)6-4-10-3-5-12(15)19-10;/h3,5,11H,4,6-9,16H2,1-2H3;1H. The molecule has 1 amide bonds. The van der Waals surface area contributed by atoms with Gasteiger partial charge in [0.25, 0.3) is 0 Å². The number of piperidine rings is 1. The van der Waals surface area contributed by atoms with Gasteiger partial charge in [0.15, 0.2) is 0 Å². The normalized spacial score (nSPS) is 21.4. The first-order valence-corrected chi connectivity index (χ1v) is 7.85. The van der Waals surface area contributed by atoms with Crippen LogP contribution in [0.5, 0.6) is 0 Å². The number of amides is 1. The van der Waals surface area contributed by atoms with Crippen molar-refractivity contribution in [2.75, 3.05) is 13.1 Å². The number of hydrogen-bond acceptors (Lipinski definition) is 3. The van der Waals surface area contributed by atoms with E-state index in [1.165, 1.54) is 4.88 Å². The summed E-state index contributed by atoms with van der Waals surface area (Å²) in [6.07, 6.45) is 2.23. The van der Waals surface area contributed by atoms with Crippen LogP contribution in [0.2, 0.25) is 4.34 Å². The zero-order chi connectivity index (χ0) is 14.0. The number of nitrogens with zero attached hydrogens (tertiary/aromatic N) is 1. The lowest BCUT2D eigenvalue weighted by atomic mass is 9.79. The molecule has 1 saturated heterocycles. The van der Waals surface area contributed by atoms with Crippen molar-refractivity contribution in [3.8, 4) is 0 Å². The lowest BCUT2D eigenvalue weighted by Crippen LogP contribution is -2.54. The Morgan fingerprint density at radius 2 is 2.25 bits per heavy atom. The number of carbonyl (C=O) groups excluding carboxylic acids is 1. The van der Waals surface area contributed by atoms with E-state index in [0.29, 0.717) is 6.42 Å². The maximum atomic E-state index is 12.2. The van der Waals surface area contributed by atoms with Crippen LogP contribution in [0.1, 0.15) is 31.6 Å². The second-order valence-electron chi connectivity index (χ2n) is 5.90. The maximum absolute atomic E-state index is 12.2. The highest BCUT2D eigenvalue weighted by Crippen LogP contribution is 2.28. The average Bonchev–Trinajstić information content (AvgIpc) is 2.75. The van der Waals surface area contributed by atoms with E-state index in [1.54, 1.807) is 11.3 Å². The van der Waals surface area contributed by atoms with Crippen molar-refractivity contribution in [2.45, 2.75) is 39.2 Å². The maximum Gasteiger partial charge on any atom is 0.222 e. The van der Waals surface area contributed by atoms with Crippen molar-refractivity contribution in [3.05, 3.63) is 21.3 Å². The van der Waals surface area contributed by atoms with Gasteiger partial charge in [-0.05, 0) is 30.4 Å². The molecule has 0 saturated carbocycles. The van der Waals surface area contributed by atoms with Crippen LogP contribution in [0.3, 0.4) is 0 Å². The molecular weight excluding hydrogens is 315 g/mol. The number of aryl methyl sites for hydroxylation is 1. The molecule has 2 heterocycles. The monoisotopic (exact) mass is 336 g/mol. The van der Waals surface area contributed by atoms with Crippen molar-refractivity contribution in [1.29, 1.82) is 0 Å². The largest absolute Gasteiger partial charge is 0.342 e. The molecule has 1 atom stereocenters. The summed E-state index contributed by atoms with van der Waals surface area (Å²) < 4.78 is 0.785. The second-order valence-corrected chi connectivity index (χ2v) is 7.70. The highest BCUT2D eigenvalue weighted by molar-refractivity contribution is 7.16. The van der Waals surface area contributed by atoms with Gasteiger partial charge in [-0.3, -0.25) is 4.79 Å². The molecule has 0 bridgehead atoms. The van der Waals surface area contributed by atoms with Gasteiger partial charge in [-0.25, -0.2) is 0 Å². The molecule has 0 spiro atoms. The van der Waals surface area contributed by atoms with E-state index >= 15 is 0 Å². The Morgan fingerprint density at radius 3 is 2.80 bits per heavy atom. The molecule has 20 heavy (non-hydrogen) atoms. The van der Waals surface area contributed by atoms with Crippen molar-refractivity contribution in [2.24, 2.45) is 11.1 Å². The van der Waals surface area contributed by atoms with Crippen LogP contribution >= 0.6 is 35.3 Å². The number of rotatable bonds is 3. The predicted molar refractivity (Wildman–Crippen MR) is 87.9 cm³/mol. The second kappa shape index (κ2) is 7.12. The molecule has 2 N–H and O–H groups in total. The molecule has 1 unspecified atom stereocenters. The Bertz CT molecular complexity index is 462. The molecule has 1 aliphatic heterocycles. The van der Waals surface area contributed by atoms with Gasteiger partial charge in [-0.2, -0.15) is 0 Å². The van der Waals surface area contributed by atoms with Gasteiger partial charge < -0.3 is 10.6 Å². The molecular formula is C14H22Cl2N2OS. The highest BCUT2D eigenvalue weighted by atomic mass is 35.5. The molecule has 1 fully saturated rings. The lowest BCUT2D eigenvalue weighted by Gasteiger charge is -2.42. The minimum Gasteiger partial charge on any atom is -0.342 e. The number of thiophene rings is 1. The highest BCUT2D eigenvalue weighted by Gasteiger charge is 2.34. The van der Waals surface area contributed by atoms with Crippen LogP contribution in [-0.4, -0.2) is 29.9 Å². The molecule has 0 radical (unpaired) electrons. The first-order valence-electron chi connectivity index (χ1n) is 6.66. The van der Waals surface area contributed by atoms with Crippen LogP contribution in [0.25, 0.3) is 0 Å². The van der Waals surface area contributed by atoms with Gasteiger partial charge in [0, 0.05) is 30.4 Å². The van der Waals surface area contributed by atoms with Gasteiger partial charge in [0.2, 0.25) is 5.91 Å². The summed E-state index contributed by atoms with van der Waals surface area (Å²) in [7, 11) is 0. The van der Waals surface area contributed by atoms with Gasteiger partial charge in [0.1, 0.15) is 0 Å². The first-order chi connectivity index (χ1) is 8.88. The first kappa shape index (κ1) is 17.8. The average molecular weight is 337 g/mol. The van der Waals surface area contributed by atoms with Crippen molar-refractivity contribution >= 4 is 41.3 Å². The number of carbonyl (C=O) groups is 1. The molecule has 1 aliphatic rings. The topological polar surface area (TPSA) is 46.3 Å². The molecule has 0 aliphatic carbocycles. The van der Waals surface area contributed by atoms with E-state index in [-0.39, 0.29) is 29.8 Å². The van der Waals surface area contributed by atoms with E-state index in [9.17, 15) is 4.79 Å². The fourth-order valence-corrected chi connectivity index (χ4v) is 3.55. The SMILES string of the molecule is CC1(C)CN(C(=O)CCc2ccc(Cl)s2)CCC1N.Cl. The summed E-state index contributed by atoms with van der Waals surface area (Å²) in [5.41, 5.74) is 6.11. The third-order valence-electron chi connectivity index (χ3n) is 3.88. The van der Waals surface area contributed by atoms with Gasteiger partial charge in [-0.1, -0.05) is 25.4 Å². The lowest BCUT2D eigenvalue weighted by molar-refractivity contribution is -0.134. The summed E-state index contributed by atoms with van der Waals surface area (Å²) in [4.78, 5) is 15.4. The zero-order valence-corrected chi connectivity index (χ0v) is 14.3. The summed E-state index contributed by atoms with van der Waals surface area (Å²) in [6, 6.07) is 4.07. The van der Waals surface area contributed by atoms with E-state index < -0.39 is 0 Å². The minimum atomic E-state index is 0. The van der Waals surface area contributed by atoms with E-state index in [4.69, 9.17) is 17.3 Å². The third-order valence-corrected chi connectivity index (χ3v) is 5.17. The summed E-state index contributed by atoms with van der Waals surface area (Å²) in [5, 5.41) is 0. The number of halogens is 2. The van der Waals surface area contributed by atoms with E-state index in [0.717, 1.165) is 30.3 Å². The number of nitrogens with two attached hydrogens (primary N) is 1.